The molecule has 8 heteroatoms. The fourth-order valence-corrected chi connectivity index (χ4v) is 2.42. The number of nitrogens with two attached hydrogens (primary N) is 1. The Morgan fingerprint density at radius 3 is 2.57 bits per heavy atom. The van der Waals surface area contributed by atoms with Gasteiger partial charge < -0.3 is 15.8 Å². The summed E-state index contributed by atoms with van der Waals surface area (Å²) in [5, 5.41) is 8.58. The van der Waals surface area contributed by atoms with Gasteiger partial charge in [-0.25, -0.2) is 4.98 Å². The number of aromatic nitrogens is 2. The number of carboxylic acid groups (broad SMARTS) is 1. The zero-order valence-electron chi connectivity index (χ0n) is 6.83. The zero-order valence-corrected chi connectivity index (χ0v) is 12.0. The Bertz CT molecular complexity index is 331. The summed E-state index contributed by atoms with van der Waals surface area (Å²) in [5.41, 5.74) is 6.15. The maximum atomic E-state index is 10.5. The van der Waals surface area contributed by atoms with Gasteiger partial charge in [0.25, 0.3) is 0 Å². The van der Waals surface area contributed by atoms with Gasteiger partial charge in [-0.05, 0) is 45.2 Å². The normalized spacial score (nSPS) is 11.9. The third-order valence-corrected chi connectivity index (χ3v) is 2.84. The van der Waals surface area contributed by atoms with E-state index >= 15 is 0 Å². The topological polar surface area (TPSA) is 92.0 Å². The summed E-state index contributed by atoms with van der Waals surface area (Å²) in [5.74, 6) is -1.000. The third-order valence-electron chi connectivity index (χ3n) is 1.44. The van der Waals surface area contributed by atoms with Gasteiger partial charge in [0.15, 0.2) is 3.83 Å². The van der Waals surface area contributed by atoms with Crippen LogP contribution >= 0.6 is 57.6 Å². The molecule has 0 fully saturated rings. The fraction of sp³-hybridized carbons (Fsp3) is 0.333. The van der Waals surface area contributed by atoms with Gasteiger partial charge in [-0.1, -0.05) is 0 Å². The number of rotatable bonds is 3. The first-order chi connectivity index (χ1) is 6.00. The van der Waals surface area contributed by atoms with E-state index in [2.05, 4.69) is 9.97 Å². The molecule has 14 heavy (non-hydrogen) atoms. The van der Waals surface area contributed by atoms with Crippen molar-refractivity contribution in [3.05, 3.63) is 13.2 Å². The van der Waals surface area contributed by atoms with Crippen LogP contribution in [0, 0.1) is 7.53 Å². The van der Waals surface area contributed by atoms with Gasteiger partial charge in [-0.2, -0.15) is 0 Å². The molecular formula is C6H8ClI2N3O2. The van der Waals surface area contributed by atoms with E-state index in [1.54, 1.807) is 0 Å². The highest BCUT2D eigenvalue weighted by Gasteiger charge is 2.15. The van der Waals surface area contributed by atoms with Gasteiger partial charge in [-0.15, -0.1) is 12.4 Å². The van der Waals surface area contributed by atoms with E-state index in [1.165, 1.54) is 0 Å². The average Bonchev–Trinajstić information content (AvgIpc) is 2.30. The standard InChI is InChI=1S/C6H7I2N3O2.ClH/c7-4-3(10-6(8)11-4)1-2(9)5(12)13;/h2H,1,9H2,(H,10,11)(H,12,13);1H/t2-;/m0./s1. The molecule has 5 nitrogen and oxygen atoms in total. The molecule has 0 saturated heterocycles. The lowest BCUT2D eigenvalue weighted by atomic mass is 10.2. The van der Waals surface area contributed by atoms with Crippen LogP contribution in [-0.2, 0) is 11.2 Å². The lowest BCUT2D eigenvalue weighted by molar-refractivity contribution is -0.138. The first kappa shape index (κ1) is 14.4. The van der Waals surface area contributed by atoms with Gasteiger partial charge in [-0.3, -0.25) is 4.79 Å². The molecule has 0 aliphatic carbocycles. The van der Waals surface area contributed by atoms with Crippen LogP contribution in [-0.4, -0.2) is 27.1 Å². The van der Waals surface area contributed by atoms with E-state index in [1.807, 2.05) is 45.2 Å². The third kappa shape index (κ3) is 3.87. The van der Waals surface area contributed by atoms with Crippen molar-refractivity contribution >= 4 is 63.6 Å². The molecule has 0 aliphatic heterocycles. The molecule has 0 aliphatic rings. The number of hydrogen-bond acceptors (Lipinski definition) is 3. The Morgan fingerprint density at radius 1 is 1.64 bits per heavy atom. The van der Waals surface area contributed by atoms with Gasteiger partial charge in [0, 0.05) is 6.42 Å². The maximum Gasteiger partial charge on any atom is 0.320 e. The molecule has 1 aromatic rings. The van der Waals surface area contributed by atoms with Crippen molar-refractivity contribution in [1.82, 2.24) is 9.97 Å². The molecule has 80 valence electrons. The minimum Gasteiger partial charge on any atom is -0.480 e. The molecular weight excluding hydrogens is 435 g/mol. The molecule has 0 aromatic carbocycles. The van der Waals surface area contributed by atoms with Crippen LogP contribution in [0.1, 0.15) is 5.69 Å². The molecule has 0 spiro atoms. The van der Waals surface area contributed by atoms with Crippen LogP contribution in [0.5, 0.6) is 0 Å². The van der Waals surface area contributed by atoms with Crippen LogP contribution in [0.15, 0.2) is 0 Å². The first-order valence-corrected chi connectivity index (χ1v) is 5.54. The Kier molecular flexibility index (Phi) is 6.25. The summed E-state index contributed by atoms with van der Waals surface area (Å²) in [6.45, 7) is 0. The minimum atomic E-state index is -1.000. The van der Waals surface area contributed by atoms with Crippen LogP contribution in [0.3, 0.4) is 0 Å². The van der Waals surface area contributed by atoms with Crippen molar-refractivity contribution in [2.75, 3.05) is 0 Å². The number of aliphatic carboxylic acids is 1. The molecule has 0 amide bonds. The van der Waals surface area contributed by atoms with Crippen LogP contribution in [0.4, 0.5) is 0 Å². The Balaban J connectivity index is 0.00000169. The Hall–Kier alpha value is 0.390. The van der Waals surface area contributed by atoms with Crippen LogP contribution < -0.4 is 5.73 Å². The second-order valence-electron chi connectivity index (χ2n) is 2.45. The van der Waals surface area contributed by atoms with E-state index in [-0.39, 0.29) is 18.8 Å². The summed E-state index contributed by atoms with van der Waals surface area (Å²) in [6, 6.07) is -0.871. The van der Waals surface area contributed by atoms with Crippen molar-refractivity contribution in [3.63, 3.8) is 0 Å². The number of halogens is 3. The van der Waals surface area contributed by atoms with Crippen molar-refractivity contribution in [3.8, 4) is 0 Å². The largest absolute Gasteiger partial charge is 0.480 e. The van der Waals surface area contributed by atoms with Crippen molar-refractivity contribution in [2.45, 2.75) is 12.5 Å². The highest BCUT2D eigenvalue weighted by Crippen LogP contribution is 2.12. The molecule has 1 aromatic heterocycles. The quantitative estimate of drug-likeness (QED) is 0.608. The lowest BCUT2D eigenvalue weighted by Crippen LogP contribution is -2.32. The smallest absolute Gasteiger partial charge is 0.320 e. The van der Waals surface area contributed by atoms with Crippen LogP contribution in [0.2, 0.25) is 0 Å². The van der Waals surface area contributed by atoms with E-state index in [4.69, 9.17) is 10.8 Å². The lowest BCUT2D eigenvalue weighted by Gasteiger charge is -2.03. The highest BCUT2D eigenvalue weighted by molar-refractivity contribution is 14.1. The summed E-state index contributed by atoms with van der Waals surface area (Å²) < 4.78 is 1.52. The SMILES string of the molecule is Cl.N[C@@H](Cc1[nH]c(I)nc1I)C(=O)O. The van der Waals surface area contributed by atoms with Gasteiger partial charge in [0.2, 0.25) is 0 Å². The Morgan fingerprint density at radius 2 is 2.21 bits per heavy atom. The number of nitrogens with one attached hydrogen (secondary N) is 1. The molecule has 1 rings (SSSR count). The number of hydrogen-bond donors (Lipinski definition) is 3. The molecule has 0 saturated carbocycles. The van der Waals surface area contributed by atoms with E-state index in [0.29, 0.717) is 0 Å². The fourth-order valence-electron chi connectivity index (χ4n) is 0.800. The monoisotopic (exact) mass is 443 g/mol. The summed E-state index contributed by atoms with van der Waals surface area (Å²) in [4.78, 5) is 17.5. The van der Waals surface area contributed by atoms with Gasteiger partial charge >= 0.3 is 5.97 Å². The summed E-state index contributed by atoms with van der Waals surface area (Å²) in [6.07, 6.45) is 0.281. The predicted molar refractivity (Wildman–Crippen MR) is 70.6 cm³/mol. The van der Waals surface area contributed by atoms with Crippen molar-refractivity contribution in [2.24, 2.45) is 5.73 Å². The second-order valence-corrected chi connectivity index (χ2v) is 4.49. The highest BCUT2D eigenvalue weighted by atomic mass is 127. The van der Waals surface area contributed by atoms with Crippen molar-refractivity contribution in [1.29, 1.82) is 0 Å². The molecule has 0 unspecified atom stereocenters. The van der Waals surface area contributed by atoms with E-state index in [0.717, 1.165) is 13.2 Å². The number of nitrogens with zero attached hydrogens (tertiary/aromatic N) is 1. The van der Waals surface area contributed by atoms with Crippen molar-refractivity contribution < 1.29 is 9.90 Å². The van der Waals surface area contributed by atoms with Gasteiger partial charge in [0.05, 0.1) is 5.69 Å². The summed E-state index contributed by atoms with van der Waals surface area (Å²) >= 11 is 4.07. The molecule has 4 N–H and O–H groups in total. The van der Waals surface area contributed by atoms with Gasteiger partial charge in [0.1, 0.15) is 9.74 Å². The number of imidazole rings is 1. The maximum absolute atomic E-state index is 10.5. The average molecular weight is 443 g/mol. The molecule has 1 heterocycles. The molecule has 0 radical (unpaired) electrons. The summed E-state index contributed by atoms with van der Waals surface area (Å²) in [7, 11) is 0. The van der Waals surface area contributed by atoms with E-state index < -0.39 is 12.0 Å². The minimum absolute atomic E-state index is 0. The number of carbonyl (C=O) groups is 1. The van der Waals surface area contributed by atoms with Crippen LogP contribution in [0.25, 0.3) is 0 Å². The predicted octanol–water partition coefficient (Wildman–Crippen LogP) is 0.995. The van der Waals surface area contributed by atoms with E-state index in [9.17, 15) is 4.79 Å². The number of aromatic amines is 1. The molecule has 0 bridgehead atoms. The number of H-pyrrole nitrogens is 1. The Labute approximate surface area is 114 Å². The number of carboxylic acids is 1. The first-order valence-electron chi connectivity index (χ1n) is 3.39. The second kappa shape index (κ2) is 6.08. The zero-order chi connectivity index (χ0) is 10.0. The molecule has 1 atom stereocenters.